The Labute approximate surface area is 180 Å². The van der Waals surface area contributed by atoms with Crippen LogP contribution in [-0.4, -0.2) is 34.6 Å². The van der Waals surface area contributed by atoms with Crippen LogP contribution in [0.2, 0.25) is 0 Å². The number of nitrogens with zero attached hydrogens (tertiary/aromatic N) is 5. The Kier molecular flexibility index (Phi) is 5.85. The predicted molar refractivity (Wildman–Crippen MR) is 119 cm³/mol. The van der Waals surface area contributed by atoms with E-state index in [0.29, 0.717) is 11.5 Å². The molecule has 9 heteroatoms. The van der Waals surface area contributed by atoms with Crippen LogP contribution in [0, 0.1) is 0 Å². The SMILES string of the molecule is CS(=O)(=O)Nc1ccc(N(c2cccnc2)C(c2cccnc2)c2cccnc2)nc1. The van der Waals surface area contributed by atoms with Crippen LogP contribution in [0.5, 0.6) is 0 Å². The van der Waals surface area contributed by atoms with Gasteiger partial charge < -0.3 is 4.90 Å². The van der Waals surface area contributed by atoms with Gasteiger partial charge in [0.05, 0.1) is 36.1 Å². The van der Waals surface area contributed by atoms with Crippen molar-refractivity contribution in [2.75, 3.05) is 15.9 Å². The van der Waals surface area contributed by atoms with Gasteiger partial charge in [-0.2, -0.15) is 0 Å². The van der Waals surface area contributed by atoms with Gasteiger partial charge in [0.2, 0.25) is 10.0 Å². The van der Waals surface area contributed by atoms with Crippen LogP contribution in [0.15, 0.2) is 91.9 Å². The monoisotopic (exact) mass is 432 g/mol. The van der Waals surface area contributed by atoms with Crippen molar-refractivity contribution in [2.24, 2.45) is 0 Å². The molecule has 0 aliphatic heterocycles. The molecule has 0 aliphatic rings. The Morgan fingerprint density at radius 3 is 1.87 bits per heavy atom. The van der Waals surface area contributed by atoms with Crippen molar-refractivity contribution in [3.63, 3.8) is 0 Å². The molecule has 0 unspecified atom stereocenters. The quantitative estimate of drug-likeness (QED) is 0.476. The summed E-state index contributed by atoms with van der Waals surface area (Å²) in [4.78, 5) is 19.4. The molecule has 4 rings (SSSR count). The number of nitrogens with one attached hydrogen (secondary N) is 1. The molecule has 156 valence electrons. The lowest BCUT2D eigenvalue weighted by atomic mass is 9.99. The third kappa shape index (κ3) is 5.01. The number of aromatic nitrogens is 4. The molecule has 0 radical (unpaired) electrons. The fourth-order valence-corrected chi connectivity index (χ4v) is 3.83. The highest BCUT2D eigenvalue weighted by atomic mass is 32.2. The second-order valence-corrected chi connectivity index (χ2v) is 8.58. The summed E-state index contributed by atoms with van der Waals surface area (Å²) in [5.41, 5.74) is 3.09. The van der Waals surface area contributed by atoms with Gasteiger partial charge in [-0.05, 0) is 47.5 Å². The highest BCUT2D eigenvalue weighted by molar-refractivity contribution is 7.92. The molecule has 8 nitrogen and oxygen atoms in total. The van der Waals surface area contributed by atoms with Gasteiger partial charge in [-0.1, -0.05) is 12.1 Å². The predicted octanol–water partition coefficient (Wildman–Crippen LogP) is 3.57. The molecule has 0 spiro atoms. The number of rotatable bonds is 7. The Bertz CT molecular complexity index is 1180. The van der Waals surface area contributed by atoms with Crippen LogP contribution < -0.4 is 9.62 Å². The van der Waals surface area contributed by atoms with E-state index in [1.54, 1.807) is 49.3 Å². The Hall–Kier alpha value is -3.85. The normalized spacial score (nSPS) is 11.3. The largest absolute Gasteiger partial charge is 0.313 e. The van der Waals surface area contributed by atoms with E-state index in [2.05, 4.69) is 24.7 Å². The van der Waals surface area contributed by atoms with Crippen LogP contribution in [0.1, 0.15) is 17.2 Å². The summed E-state index contributed by atoms with van der Waals surface area (Å²) in [6.07, 6.45) is 13.1. The van der Waals surface area contributed by atoms with Gasteiger partial charge in [0.15, 0.2) is 0 Å². The van der Waals surface area contributed by atoms with Crippen LogP contribution in [0.3, 0.4) is 0 Å². The molecule has 0 bridgehead atoms. The van der Waals surface area contributed by atoms with Gasteiger partial charge in [-0.15, -0.1) is 0 Å². The van der Waals surface area contributed by atoms with Crippen molar-refractivity contribution in [2.45, 2.75) is 6.04 Å². The van der Waals surface area contributed by atoms with E-state index in [-0.39, 0.29) is 6.04 Å². The average Bonchev–Trinajstić information content (AvgIpc) is 2.79. The lowest BCUT2D eigenvalue weighted by Crippen LogP contribution is -2.26. The molecule has 4 aromatic heterocycles. The van der Waals surface area contributed by atoms with Gasteiger partial charge in [0.1, 0.15) is 5.82 Å². The first-order valence-electron chi connectivity index (χ1n) is 9.44. The van der Waals surface area contributed by atoms with E-state index in [1.807, 2.05) is 41.3 Å². The summed E-state index contributed by atoms with van der Waals surface area (Å²) >= 11 is 0. The standard InChI is InChI=1S/C22H20N6O2S/c1-31(29,30)27-19-8-9-21(26-15-19)28(20-7-4-12-25-16-20)22(17-5-2-10-23-13-17)18-6-3-11-24-14-18/h2-16,22,27H,1H3. The smallest absolute Gasteiger partial charge is 0.229 e. The number of sulfonamides is 1. The maximum Gasteiger partial charge on any atom is 0.229 e. The van der Waals surface area contributed by atoms with Gasteiger partial charge in [-0.3, -0.25) is 19.7 Å². The third-order valence-corrected chi connectivity index (χ3v) is 5.09. The van der Waals surface area contributed by atoms with Crippen LogP contribution in [0.25, 0.3) is 0 Å². The lowest BCUT2D eigenvalue weighted by molar-refractivity contribution is 0.607. The minimum absolute atomic E-state index is 0.284. The van der Waals surface area contributed by atoms with E-state index in [1.165, 1.54) is 6.20 Å². The molecule has 4 aromatic rings. The van der Waals surface area contributed by atoms with Crippen molar-refractivity contribution in [3.05, 3.63) is 103 Å². The molecule has 0 amide bonds. The fourth-order valence-electron chi connectivity index (χ4n) is 3.28. The number of pyridine rings is 4. The molecule has 0 saturated carbocycles. The van der Waals surface area contributed by atoms with Crippen LogP contribution in [0.4, 0.5) is 17.2 Å². The summed E-state index contributed by atoms with van der Waals surface area (Å²) in [6.45, 7) is 0. The zero-order valence-electron chi connectivity index (χ0n) is 16.7. The summed E-state index contributed by atoms with van der Waals surface area (Å²) < 4.78 is 25.5. The first-order chi connectivity index (χ1) is 15.0. The molecule has 0 saturated heterocycles. The Morgan fingerprint density at radius 1 is 0.806 bits per heavy atom. The van der Waals surface area contributed by atoms with Crippen LogP contribution in [-0.2, 0) is 10.0 Å². The minimum Gasteiger partial charge on any atom is -0.313 e. The molecular formula is C22H20N6O2S. The summed E-state index contributed by atoms with van der Waals surface area (Å²) in [5, 5.41) is 0. The topological polar surface area (TPSA) is 101 Å². The van der Waals surface area contributed by atoms with Gasteiger partial charge >= 0.3 is 0 Å². The van der Waals surface area contributed by atoms with Crippen molar-refractivity contribution < 1.29 is 8.42 Å². The molecule has 0 aromatic carbocycles. The second-order valence-electron chi connectivity index (χ2n) is 6.84. The van der Waals surface area contributed by atoms with Crippen molar-refractivity contribution in [1.29, 1.82) is 0 Å². The van der Waals surface area contributed by atoms with E-state index in [4.69, 9.17) is 0 Å². The second kappa shape index (κ2) is 8.88. The average molecular weight is 433 g/mol. The zero-order valence-corrected chi connectivity index (χ0v) is 17.5. The molecule has 0 aliphatic carbocycles. The third-order valence-electron chi connectivity index (χ3n) is 4.48. The lowest BCUT2D eigenvalue weighted by Gasteiger charge is -2.33. The van der Waals surface area contributed by atoms with Gasteiger partial charge in [-0.25, -0.2) is 13.4 Å². The molecular weight excluding hydrogens is 412 g/mol. The van der Waals surface area contributed by atoms with Crippen LogP contribution >= 0.6 is 0 Å². The number of anilines is 3. The minimum atomic E-state index is -3.39. The maximum atomic E-state index is 11.5. The van der Waals surface area contributed by atoms with E-state index < -0.39 is 10.0 Å². The molecule has 1 N–H and O–H groups in total. The highest BCUT2D eigenvalue weighted by Crippen LogP contribution is 2.37. The first kappa shape index (κ1) is 20.4. The Morgan fingerprint density at radius 2 is 1.42 bits per heavy atom. The van der Waals surface area contributed by atoms with Crippen molar-refractivity contribution in [3.8, 4) is 0 Å². The highest BCUT2D eigenvalue weighted by Gasteiger charge is 2.26. The molecule has 4 heterocycles. The maximum absolute atomic E-state index is 11.5. The fraction of sp³-hybridized carbons (Fsp3) is 0.0909. The van der Waals surface area contributed by atoms with Gasteiger partial charge in [0, 0.05) is 31.0 Å². The molecule has 0 fully saturated rings. The number of hydrogen-bond donors (Lipinski definition) is 1. The van der Waals surface area contributed by atoms with E-state index in [9.17, 15) is 8.42 Å². The van der Waals surface area contributed by atoms with Gasteiger partial charge in [0.25, 0.3) is 0 Å². The molecule has 31 heavy (non-hydrogen) atoms. The zero-order chi connectivity index (χ0) is 21.7. The summed E-state index contributed by atoms with van der Waals surface area (Å²) in [6, 6.07) is 14.7. The van der Waals surface area contributed by atoms with Crippen molar-refractivity contribution >= 4 is 27.2 Å². The van der Waals surface area contributed by atoms with Crippen molar-refractivity contribution in [1.82, 2.24) is 19.9 Å². The first-order valence-corrected chi connectivity index (χ1v) is 11.3. The summed E-state index contributed by atoms with van der Waals surface area (Å²) in [5.74, 6) is 0.616. The number of hydrogen-bond acceptors (Lipinski definition) is 7. The summed E-state index contributed by atoms with van der Waals surface area (Å²) in [7, 11) is -3.39. The van der Waals surface area contributed by atoms with E-state index in [0.717, 1.165) is 23.1 Å². The van der Waals surface area contributed by atoms with E-state index >= 15 is 0 Å². The Balaban J connectivity index is 1.86. The molecule has 0 atom stereocenters.